The third-order valence-corrected chi connectivity index (χ3v) is 12.9. The Bertz CT molecular complexity index is 1610. The summed E-state index contributed by atoms with van der Waals surface area (Å²) in [4.78, 5) is 25.9. The van der Waals surface area contributed by atoms with Gasteiger partial charge in [-0.25, -0.2) is 0 Å². The summed E-state index contributed by atoms with van der Waals surface area (Å²) in [6, 6.07) is 0. The molecule has 0 aromatic heterocycles. The van der Waals surface area contributed by atoms with Gasteiger partial charge >= 0.3 is 11.9 Å². The molecule has 74 heavy (non-hydrogen) atoms. The highest BCUT2D eigenvalue weighted by atomic mass is 16.7. The number of aliphatic hydroxyl groups is 7. The van der Waals surface area contributed by atoms with Gasteiger partial charge in [0.15, 0.2) is 18.7 Å². The van der Waals surface area contributed by atoms with Gasteiger partial charge in [0.25, 0.3) is 0 Å². The topological polar surface area (TPSA) is 231 Å². The fourth-order valence-corrected chi connectivity index (χ4v) is 8.27. The van der Waals surface area contributed by atoms with Crippen molar-refractivity contribution >= 4 is 11.9 Å². The maximum absolute atomic E-state index is 13.0. The molecule has 0 aromatic carbocycles. The number of ether oxygens (including phenoxy) is 6. The van der Waals surface area contributed by atoms with Gasteiger partial charge in [-0.3, -0.25) is 9.59 Å². The number of hydrogen-bond acceptors (Lipinski definition) is 15. The van der Waals surface area contributed by atoms with Crippen LogP contribution in [0.1, 0.15) is 181 Å². The predicted octanol–water partition coefficient (Wildman–Crippen LogP) is 9.16. The first-order valence-corrected chi connectivity index (χ1v) is 28.2. The number of aliphatic hydroxyl groups excluding tert-OH is 7. The molecule has 0 bridgehead atoms. The average Bonchev–Trinajstić information content (AvgIpc) is 3.39. The molecule has 0 spiro atoms. The van der Waals surface area contributed by atoms with Crippen molar-refractivity contribution in [1.29, 1.82) is 0 Å². The monoisotopic (exact) mass is 1050 g/mol. The Morgan fingerprint density at radius 1 is 0.446 bits per heavy atom. The molecule has 15 heteroatoms. The molecule has 0 amide bonds. The van der Waals surface area contributed by atoms with Crippen LogP contribution in [-0.4, -0.2) is 142 Å². The maximum Gasteiger partial charge on any atom is 0.306 e. The molecule has 2 aliphatic rings. The minimum atomic E-state index is -1.78. The van der Waals surface area contributed by atoms with Gasteiger partial charge in [-0.2, -0.15) is 0 Å². The molecule has 0 aromatic rings. The molecule has 15 nitrogen and oxygen atoms in total. The molecule has 2 saturated heterocycles. The van der Waals surface area contributed by atoms with Crippen molar-refractivity contribution in [2.75, 3.05) is 26.4 Å². The van der Waals surface area contributed by atoms with Gasteiger partial charge in [0.1, 0.15) is 55.4 Å². The Labute approximate surface area is 444 Å². The van der Waals surface area contributed by atoms with Crippen molar-refractivity contribution in [2.45, 2.75) is 248 Å². The molecule has 0 radical (unpaired) electrons. The lowest BCUT2D eigenvalue weighted by molar-refractivity contribution is -0.332. The zero-order valence-corrected chi connectivity index (χ0v) is 45.0. The van der Waals surface area contributed by atoms with Gasteiger partial charge in [-0.05, 0) is 89.9 Å². The summed E-state index contributed by atoms with van der Waals surface area (Å²) in [7, 11) is 0. The van der Waals surface area contributed by atoms with Crippen LogP contribution in [0.2, 0.25) is 0 Å². The van der Waals surface area contributed by atoms with Crippen LogP contribution in [0.4, 0.5) is 0 Å². The second kappa shape index (κ2) is 44.8. The third-order valence-electron chi connectivity index (χ3n) is 12.9. The number of carbonyl (C=O) groups is 2. The minimum Gasteiger partial charge on any atom is -0.462 e. The smallest absolute Gasteiger partial charge is 0.306 e. The fraction of sp³-hybridized carbons (Fsp3) is 0.729. The van der Waals surface area contributed by atoms with Crippen LogP contribution in [0.25, 0.3) is 0 Å². The molecule has 424 valence electrons. The zero-order valence-electron chi connectivity index (χ0n) is 45.0. The van der Waals surface area contributed by atoms with E-state index in [4.69, 9.17) is 28.4 Å². The molecule has 2 rings (SSSR count). The van der Waals surface area contributed by atoms with E-state index in [2.05, 4.69) is 98.9 Å². The van der Waals surface area contributed by atoms with E-state index >= 15 is 0 Å². The fourth-order valence-electron chi connectivity index (χ4n) is 8.27. The second-order valence-electron chi connectivity index (χ2n) is 19.4. The van der Waals surface area contributed by atoms with E-state index in [-0.39, 0.29) is 19.4 Å². The van der Waals surface area contributed by atoms with E-state index in [1.807, 2.05) is 0 Å². The normalized spacial score (nSPS) is 25.3. The lowest BCUT2D eigenvalue weighted by Gasteiger charge is -2.42. The van der Waals surface area contributed by atoms with Crippen LogP contribution in [0.15, 0.2) is 85.1 Å². The van der Waals surface area contributed by atoms with E-state index in [1.165, 1.54) is 57.8 Å². The van der Waals surface area contributed by atoms with E-state index in [1.54, 1.807) is 0 Å². The molecule has 0 saturated carbocycles. The number of hydrogen-bond donors (Lipinski definition) is 7. The van der Waals surface area contributed by atoms with Crippen LogP contribution in [0, 0.1) is 0 Å². The number of carbonyl (C=O) groups excluding carboxylic acids is 2. The summed E-state index contributed by atoms with van der Waals surface area (Å²) in [6.07, 6.45) is 38.8. The SMILES string of the molecule is CC/C=C/C/C=C/C/C=C/C/C=C/C/C=C/CCCCCC(=O)O[C@@H](COC(=O)CCCCCCCCCCC/C=C/C/C=C/CCCCC)CO[C@@H]1O[C@H](CO[C@@H]2O[C@H](CO)[C@H](O)C(O)C2O)[C@H](O)C(O)C1O. The zero-order chi connectivity index (χ0) is 53.9. The van der Waals surface area contributed by atoms with Crippen LogP contribution in [0.3, 0.4) is 0 Å². The molecule has 2 fully saturated rings. The summed E-state index contributed by atoms with van der Waals surface area (Å²) >= 11 is 0. The van der Waals surface area contributed by atoms with Crippen LogP contribution >= 0.6 is 0 Å². The van der Waals surface area contributed by atoms with Crippen LogP contribution in [-0.2, 0) is 38.0 Å². The molecular formula is C59H98O15. The van der Waals surface area contributed by atoms with Crippen molar-refractivity contribution in [3.05, 3.63) is 85.1 Å². The Morgan fingerprint density at radius 3 is 1.35 bits per heavy atom. The van der Waals surface area contributed by atoms with Gasteiger partial charge in [-0.15, -0.1) is 0 Å². The number of rotatable bonds is 43. The largest absolute Gasteiger partial charge is 0.462 e. The molecule has 0 aliphatic carbocycles. The molecular weight excluding hydrogens is 949 g/mol. The molecule has 2 heterocycles. The quantitative estimate of drug-likeness (QED) is 0.0172. The van der Waals surface area contributed by atoms with Gasteiger partial charge in [-0.1, -0.05) is 163 Å². The average molecular weight is 1050 g/mol. The standard InChI is InChI=1S/C59H98O15/c1-3-5-7-9-11-13-15-17-19-21-23-25-27-29-31-33-35-37-39-41-50(61)69-44-47(72-51(62)42-40-38-36-34-32-30-28-26-24-22-20-18-16-14-12-10-8-6-4-2)45-70-58-57(68)55(66)53(64)49(74-58)46-71-59-56(67)54(65)52(63)48(43-60)73-59/h6,8,11-14,17-20,24,26,30,32,47-49,52-60,63-68H,3-5,7,9-10,15-16,21-23,25,27-29,31,33-46H2,1-2H3/b8-6+,13-11+,14-12+,19-17+,20-18+,26-24+,32-30+/t47-,48+,49+,52-,53-,54?,55?,56?,57?,58+,59+/m0/s1. The van der Waals surface area contributed by atoms with Crippen LogP contribution in [0.5, 0.6) is 0 Å². The van der Waals surface area contributed by atoms with Crippen molar-refractivity contribution in [3.63, 3.8) is 0 Å². The van der Waals surface area contributed by atoms with Gasteiger partial charge < -0.3 is 64.2 Å². The summed E-state index contributed by atoms with van der Waals surface area (Å²) in [6.45, 7) is 2.41. The van der Waals surface area contributed by atoms with Gasteiger partial charge in [0.05, 0.1) is 19.8 Å². The van der Waals surface area contributed by atoms with Crippen molar-refractivity contribution in [3.8, 4) is 0 Å². The van der Waals surface area contributed by atoms with E-state index in [0.717, 1.165) is 83.5 Å². The number of esters is 2. The Kier molecular flexibility index (Phi) is 40.4. The summed E-state index contributed by atoms with van der Waals surface area (Å²) in [5.74, 6) is -0.972. The Balaban J connectivity index is 1.79. The molecule has 11 atom stereocenters. The van der Waals surface area contributed by atoms with Gasteiger partial charge in [0, 0.05) is 12.8 Å². The third kappa shape index (κ3) is 31.7. The predicted molar refractivity (Wildman–Crippen MR) is 289 cm³/mol. The van der Waals surface area contributed by atoms with E-state index in [9.17, 15) is 45.3 Å². The highest BCUT2D eigenvalue weighted by Gasteiger charge is 2.47. The number of unbranched alkanes of at least 4 members (excludes halogenated alkanes) is 15. The highest BCUT2D eigenvalue weighted by molar-refractivity contribution is 5.70. The first kappa shape index (κ1) is 66.8. The second-order valence-corrected chi connectivity index (χ2v) is 19.4. The Morgan fingerprint density at radius 2 is 0.851 bits per heavy atom. The summed E-state index contributed by atoms with van der Waals surface area (Å²) < 4.78 is 33.6. The van der Waals surface area contributed by atoms with Gasteiger partial charge in [0.2, 0.25) is 0 Å². The lowest BCUT2D eigenvalue weighted by Crippen LogP contribution is -2.61. The molecule has 4 unspecified atom stereocenters. The van der Waals surface area contributed by atoms with Crippen molar-refractivity contribution in [2.24, 2.45) is 0 Å². The summed E-state index contributed by atoms with van der Waals surface area (Å²) in [5.41, 5.74) is 0. The van der Waals surface area contributed by atoms with Crippen molar-refractivity contribution < 1.29 is 73.8 Å². The minimum absolute atomic E-state index is 0.121. The van der Waals surface area contributed by atoms with Crippen LogP contribution < -0.4 is 0 Å². The van der Waals surface area contributed by atoms with E-state index in [0.29, 0.717) is 12.8 Å². The maximum atomic E-state index is 13.0. The Hall–Kier alpha value is -3.32. The molecule has 7 N–H and O–H groups in total. The van der Waals surface area contributed by atoms with Crippen molar-refractivity contribution in [1.82, 2.24) is 0 Å². The molecule has 2 aliphatic heterocycles. The number of allylic oxidation sites excluding steroid dienone is 14. The first-order valence-electron chi connectivity index (χ1n) is 28.2. The summed E-state index contributed by atoms with van der Waals surface area (Å²) in [5, 5.41) is 72.2. The highest BCUT2D eigenvalue weighted by Crippen LogP contribution is 2.26. The lowest BCUT2D eigenvalue weighted by atomic mass is 9.98. The first-order chi connectivity index (χ1) is 36.0. The van der Waals surface area contributed by atoms with E-state index < -0.39 is 99.3 Å².